The van der Waals surface area contributed by atoms with E-state index >= 15 is 0 Å². The largest absolute Gasteiger partial charge is 0.334 e. The van der Waals surface area contributed by atoms with E-state index in [1.807, 2.05) is 0 Å². The third-order valence-corrected chi connectivity index (χ3v) is 15.9. The molecule has 4 heteroatoms. The molecule has 11 aromatic rings. The molecule has 0 fully saturated rings. The maximum absolute atomic E-state index is 3.93. The molecule has 0 amide bonds. The number of para-hydroxylation sites is 8. The van der Waals surface area contributed by atoms with Crippen molar-refractivity contribution >= 4 is 68.1 Å². The van der Waals surface area contributed by atoms with Crippen LogP contribution in [0.15, 0.2) is 297 Å². The van der Waals surface area contributed by atoms with Crippen LogP contribution in [0.1, 0.15) is 34.2 Å². The molecular formula is C74H54N4. The molecule has 14 rings (SSSR count). The first-order chi connectivity index (χ1) is 38.6. The monoisotopic (exact) mass is 998 g/mol. The van der Waals surface area contributed by atoms with Gasteiger partial charge in [0.1, 0.15) is 0 Å². The van der Waals surface area contributed by atoms with Crippen LogP contribution in [0.2, 0.25) is 0 Å². The molecule has 78 heavy (non-hydrogen) atoms. The van der Waals surface area contributed by atoms with Crippen LogP contribution in [0.3, 0.4) is 0 Å². The second kappa shape index (κ2) is 19.6. The first-order valence-electron chi connectivity index (χ1n) is 26.9. The minimum atomic E-state index is -0.796. The van der Waals surface area contributed by atoms with Gasteiger partial charge in [-0.1, -0.05) is 176 Å². The fourth-order valence-electron chi connectivity index (χ4n) is 12.6. The van der Waals surface area contributed by atoms with Gasteiger partial charge in [-0.05, 0) is 185 Å². The van der Waals surface area contributed by atoms with Gasteiger partial charge in [0.2, 0.25) is 0 Å². The van der Waals surface area contributed by atoms with Crippen molar-refractivity contribution in [3.05, 3.63) is 337 Å². The summed E-state index contributed by atoms with van der Waals surface area (Å²) in [5.74, 6) is 0. The molecule has 4 nitrogen and oxygen atoms in total. The number of nitrogens with zero attached hydrogens (tertiary/aromatic N) is 4. The van der Waals surface area contributed by atoms with E-state index in [9.17, 15) is 0 Å². The van der Waals surface area contributed by atoms with Crippen LogP contribution in [0, 0.1) is 19.1 Å². The molecular weight excluding hydrogens is 945 g/mol. The van der Waals surface area contributed by atoms with Crippen LogP contribution in [-0.4, -0.2) is 6.04 Å². The number of rotatable bonds is 12. The molecule has 0 aliphatic heterocycles. The average Bonchev–Trinajstić information content (AvgIpc) is 4.17. The third-order valence-electron chi connectivity index (χ3n) is 15.9. The molecule has 3 aliphatic carbocycles. The summed E-state index contributed by atoms with van der Waals surface area (Å²) in [6, 6.07) is 109. The lowest BCUT2D eigenvalue weighted by molar-refractivity contribution is 0.663. The number of aryl methyl sites for hydroxylation is 1. The zero-order valence-corrected chi connectivity index (χ0v) is 43.3. The summed E-state index contributed by atoms with van der Waals surface area (Å²) in [6.07, 6.45) is 5.57. The van der Waals surface area contributed by atoms with Crippen molar-refractivity contribution in [3.63, 3.8) is 0 Å². The third kappa shape index (κ3) is 7.78. The van der Waals surface area contributed by atoms with E-state index in [0.717, 1.165) is 74.5 Å². The summed E-state index contributed by atoms with van der Waals surface area (Å²) < 4.78 is 0. The van der Waals surface area contributed by atoms with E-state index in [1.165, 1.54) is 44.5 Å². The number of hydrogen-bond donors (Lipinski definition) is 0. The van der Waals surface area contributed by atoms with E-state index in [1.54, 1.807) is 0 Å². The Bertz CT molecular complexity index is 3890. The topological polar surface area (TPSA) is 13.0 Å². The first-order valence-corrected chi connectivity index (χ1v) is 26.9. The van der Waals surface area contributed by atoms with Crippen LogP contribution in [0.5, 0.6) is 0 Å². The molecule has 0 aromatic heterocycles. The molecule has 2 atom stereocenters. The predicted molar refractivity (Wildman–Crippen MR) is 324 cm³/mol. The Morgan fingerprint density at radius 2 is 0.782 bits per heavy atom. The van der Waals surface area contributed by atoms with Crippen molar-refractivity contribution < 1.29 is 0 Å². The molecule has 3 aliphatic rings. The second-order valence-electron chi connectivity index (χ2n) is 20.3. The highest BCUT2D eigenvalue weighted by atomic mass is 15.2. The number of benzene rings is 10. The Morgan fingerprint density at radius 1 is 0.372 bits per heavy atom. The molecule has 0 heterocycles. The summed E-state index contributed by atoms with van der Waals surface area (Å²) in [5.41, 5.74) is 22.0. The average molecular weight is 999 g/mol. The maximum atomic E-state index is 3.93. The predicted octanol–water partition coefficient (Wildman–Crippen LogP) is 19.3. The Morgan fingerprint density at radius 3 is 1.26 bits per heavy atom. The summed E-state index contributed by atoms with van der Waals surface area (Å²) in [4.78, 5) is 9.70. The van der Waals surface area contributed by atoms with Gasteiger partial charge in [0, 0.05) is 62.4 Å². The molecule has 11 aromatic carbocycles. The van der Waals surface area contributed by atoms with Crippen LogP contribution < -0.4 is 19.6 Å². The molecule has 1 spiro atoms. The molecule has 0 saturated heterocycles. The van der Waals surface area contributed by atoms with Crippen molar-refractivity contribution in [1.82, 2.24) is 0 Å². The SMILES string of the molecule is Cc1ccccc1N(c1ccccc1)c1ccc2c(c1)C1(C3=C(C=CC(N(c4ccccc4)c4ccccc4)C3)c3c#cc(N(c4ccccc4)c4ccccc4)cc31)c1cc(N(c3ccccc3)c3ccccc3)ccc1-2. The Balaban J connectivity index is 1.07. The number of allylic oxidation sites excluding steroid dienone is 2. The van der Waals surface area contributed by atoms with Gasteiger partial charge >= 0.3 is 0 Å². The van der Waals surface area contributed by atoms with Gasteiger partial charge in [0.05, 0.1) is 17.1 Å². The molecule has 0 bridgehead atoms. The van der Waals surface area contributed by atoms with Gasteiger partial charge in [0.15, 0.2) is 0 Å². The van der Waals surface area contributed by atoms with Gasteiger partial charge in [0.25, 0.3) is 0 Å². The minimum Gasteiger partial charge on any atom is -0.334 e. The van der Waals surface area contributed by atoms with Gasteiger partial charge in [-0.2, -0.15) is 0 Å². The lowest BCUT2D eigenvalue weighted by Crippen LogP contribution is -2.36. The quantitative estimate of drug-likeness (QED) is 0.121. The number of fused-ring (bicyclic) bond motifs is 9. The smallest absolute Gasteiger partial charge is 0.0977 e. The molecule has 0 saturated carbocycles. The minimum absolute atomic E-state index is 0.0369. The van der Waals surface area contributed by atoms with Crippen LogP contribution in [0.4, 0.5) is 62.6 Å². The van der Waals surface area contributed by atoms with Crippen molar-refractivity contribution in [1.29, 1.82) is 0 Å². The number of hydrogen-bond acceptors (Lipinski definition) is 4. The van der Waals surface area contributed by atoms with E-state index < -0.39 is 5.41 Å². The molecule has 370 valence electrons. The normalized spacial score (nSPS) is 15.4. The Hall–Kier alpha value is -10.1. The fourth-order valence-corrected chi connectivity index (χ4v) is 12.6. The Labute approximate surface area is 458 Å². The maximum Gasteiger partial charge on any atom is 0.0977 e. The van der Waals surface area contributed by atoms with E-state index in [-0.39, 0.29) is 6.04 Å². The van der Waals surface area contributed by atoms with Crippen molar-refractivity contribution in [2.75, 3.05) is 19.6 Å². The highest BCUT2D eigenvalue weighted by Gasteiger charge is 2.55. The first kappa shape index (κ1) is 46.5. The van der Waals surface area contributed by atoms with Crippen molar-refractivity contribution in [2.24, 2.45) is 0 Å². The summed E-state index contributed by atoms with van der Waals surface area (Å²) in [7, 11) is 0. The highest BCUT2D eigenvalue weighted by molar-refractivity contribution is 6.00. The lowest BCUT2D eigenvalue weighted by atomic mass is 9.67. The van der Waals surface area contributed by atoms with Crippen LogP contribution >= 0.6 is 0 Å². The van der Waals surface area contributed by atoms with Gasteiger partial charge in [-0.3, -0.25) is 0 Å². The molecule has 0 N–H and O–H groups in total. The summed E-state index contributed by atoms with van der Waals surface area (Å²) in [5, 5.41) is 0. The van der Waals surface area contributed by atoms with Crippen LogP contribution in [0.25, 0.3) is 16.7 Å². The van der Waals surface area contributed by atoms with E-state index in [2.05, 4.69) is 330 Å². The highest BCUT2D eigenvalue weighted by Crippen LogP contribution is 2.65. The summed E-state index contributed by atoms with van der Waals surface area (Å²) in [6.45, 7) is 2.21. The zero-order valence-electron chi connectivity index (χ0n) is 43.3. The van der Waals surface area contributed by atoms with Gasteiger partial charge in [-0.25, -0.2) is 0 Å². The zero-order chi connectivity index (χ0) is 52.0. The summed E-state index contributed by atoms with van der Waals surface area (Å²) >= 11 is 0. The van der Waals surface area contributed by atoms with Crippen molar-refractivity contribution in [2.45, 2.75) is 24.8 Å². The van der Waals surface area contributed by atoms with E-state index in [0.29, 0.717) is 0 Å². The standard InChI is InChI=1S/C74H54N4/c1-53-25-23-24-40-73(53)78(60-38-21-8-22-39-60)64-44-48-68-67-47-43-63(77(58-34-17-6-18-35-58)59-36-19-7-20-37-59)51-71(67)74(72(68)52-64)69-49-61(75(54-26-9-2-10-27-54)55-28-11-3-12-29-55)41-45-65(69)66-46-42-62(50-70(66)74)76(56-30-13-4-14-31-56)57-32-15-5-16-33-57/h2-41,43-45,47-48,50-52,61H,49H2,1H3. The van der Waals surface area contributed by atoms with Gasteiger partial charge in [-0.15, -0.1) is 0 Å². The fraction of sp³-hybridized carbons (Fsp3) is 0.0541. The van der Waals surface area contributed by atoms with Crippen molar-refractivity contribution in [3.8, 4) is 11.1 Å². The lowest BCUT2D eigenvalue weighted by Gasteiger charge is -2.39. The number of anilines is 11. The Kier molecular flexibility index (Phi) is 11.7. The molecule has 0 radical (unpaired) electrons. The van der Waals surface area contributed by atoms with Gasteiger partial charge < -0.3 is 19.6 Å². The second-order valence-corrected chi connectivity index (χ2v) is 20.3. The molecule has 2 unspecified atom stereocenters. The van der Waals surface area contributed by atoms with E-state index in [4.69, 9.17) is 0 Å². The van der Waals surface area contributed by atoms with Crippen LogP contribution in [-0.2, 0) is 5.41 Å².